The lowest BCUT2D eigenvalue weighted by molar-refractivity contribution is -0.141. The summed E-state index contributed by atoms with van der Waals surface area (Å²) in [6.07, 6.45) is 0.573. The molecular weight excluding hydrogens is 415 g/mol. The molecule has 0 aliphatic carbocycles. The number of benzene rings is 3. The number of halogens is 1. The Kier molecular flexibility index (Phi) is 8.36. The minimum atomic E-state index is -0.697. The minimum Gasteiger partial charge on any atom is -0.352 e. The molecule has 2 amide bonds. The fourth-order valence-electron chi connectivity index (χ4n) is 3.82. The first kappa shape index (κ1) is 24.2. The van der Waals surface area contributed by atoms with Gasteiger partial charge in [-0.1, -0.05) is 72.3 Å². The third kappa shape index (κ3) is 7.28. The van der Waals surface area contributed by atoms with E-state index in [1.165, 1.54) is 12.1 Å². The molecule has 0 aliphatic heterocycles. The van der Waals surface area contributed by atoms with Gasteiger partial charge in [0.15, 0.2) is 0 Å². The molecule has 3 aromatic carbocycles. The fraction of sp³-hybridized carbons (Fsp3) is 0.286. The predicted molar refractivity (Wildman–Crippen MR) is 129 cm³/mol. The molecule has 0 bridgehead atoms. The van der Waals surface area contributed by atoms with E-state index in [9.17, 15) is 14.0 Å². The maximum atomic E-state index is 13.6. The molecule has 4 nitrogen and oxygen atoms in total. The average molecular weight is 447 g/mol. The first-order valence-corrected chi connectivity index (χ1v) is 11.3. The Hall–Kier alpha value is -3.47. The Bertz CT molecular complexity index is 1060. The zero-order valence-electron chi connectivity index (χ0n) is 19.4. The standard InChI is InChI=1S/C28H31FN2O2/c1-20(2)30-28(33)26(17-22-9-5-4-6-10-22)31(19-23-12-14-25(29)15-13-23)27(32)18-24-11-7-8-21(3)16-24/h4-16,20,26H,17-19H2,1-3H3,(H,30,33). The summed E-state index contributed by atoms with van der Waals surface area (Å²) >= 11 is 0. The molecule has 0 saturated heterocycles. The van der Waals surface area contributed by atoms with Gasteiger partial charge in [0.1, 0.15) is 11.9 Å². The van der Waals surface area contributed by atoms with Crippen LogP contribution in [0.2, 0.25) is 0 Å². The number of hydrogen-bond acceptors (Lipinski definition) is 2. The Labute approximate surface area is 195 Å². The van der Waals surface area contributed by atoms with Crippen molar-refractivity contribution >= 4 is 11.8 Å². The largest absolute Gasteiger partial charge is 0.352 e. The van der Waals surface area contributed by atoms with E-state index in [-0.39, 0.29) is 36.6 Å². The molecule has 1 N–H and O–H groups in total. The van der Waals surface area contributed by atoms with E-state index < -0.39 is 6.04 Å². The van der Waals surface area contributed by atoms with Gasteiger partial charge in [0.2, 0.25) is 11.8 Å². The lowest BCUT2D eigenvalue weighted by Crippen LogP contribution is -2.52. The lowest BCUT2D eigenvalue weighted by Gasteiger charge is -2.32. The second-order valence-corrected chi connectivity index (χ2v) is 8.68. The van der Waals surface area contributed by atoms with E-state index in [2.05, 4.69) is 5.32 Å². The van der Waals surface area contributed by atoms with Crippen LogP contribution in [0, 0.1) is 12.7 Å². The van der Waals surface area contributed by atoms with Crippen molar-refractivity contribution in [3.05, 3.63) is 107 Å². The van der Waals surface area contributed by atoms with Gasteiger partial charge in [-0.3, -0.25) is 9.59 Å². The molecular formula is C28H31FN2O2. The van der Waals surface area contributed by atoms with E-state index >= 15 is 0 Å². The Morgan fingerprint density at radius 2 is 1.55 bits per heavy atom. The number of carbonyl (C=O) groups excluding carboxylic acids is 2. The number of rotatable bonds is 9. The summed E-state index contributed by atoms with van der Waals surface area (Å²) in [7, 11) is 0. The molecule has 3 rings (SSSR count). The molecule has 0 radical (unpaired) electrons. The lowest BCUT2D eigenvalue weighted by atomic mass is 10.0. The summed E-state index contributed by atoms with van der Waals surface area (Å²) in [5.41, 5.74) is 3.70. The number of carbonyl (C=O) groups is 2. The SMILES string of the molecule is Cc1cccc(CC(=O)N(Cc2ccc(F)cc2)C(Cc2ccccc2)C(=O)NC(C)C)c1. The van der Waals surface area contributed by atoms with Crippen molar-refractivity contribution in [3.8, 4) is 0 Å². The molecule has 0 fully saturated rings. The van der Waals surface area contributed by atoms with Crippen molar-refractivity contribution in [2.45, 2.75) is 52.2 Å². The minimum absolute atomic E-state index is 0.0599. The quantitative estimate of drug-likeness (QED) is 0.511. The molecule has 0 saturated carbocycles. The molecule has 0 aromatic heterocycles. The van der Waals surface area contributed by atoms with Crippen LogP contribution in [-0.4, -0.2) is 28.8 Å². The molecule has 0 aliphatic rings. The third-order valence-electron chi connectivity index (χ3n) is 5.41. The van der Waals surface area contributed by atoms with E-state index in [4.69, 9.17) is 0 Å². The van der Waals surface area contributed by atoms with Crippen LogP contribution < -0.4 is 5.32 Å². The van der Waals surface area contributed by atoms with Crippen LogP contribution in [0.15, 0.2) is 78.9 Å². The summed E-state index contributed by atoms with van der Waals surface area (Å²) in [6.45, 7) is 6.00. The summed E-state index contributed by atoms with van der Waals surface area (Å²) < 4.78 is 13.5. The van der Waals surface area contributed by atoms with E-state index in [0.29, 0.717) is 6.42 Å². The van der Waals surface area contributed by atoms with Gasteiger partial charge in [-0.15, -0.1) is 0 Å². The van der Waals surface area contributed by atoms with Gasteiger partial charge < -0.3 is 10.2 Å². The van der Waals surface area contributed by atoms with E-state index in [1.54, 1.807) is 17.0 Å². The highest BCUT2D eigenvalue weighted by Crippen LogP contribution is 2.17. The average Bonchev–Trinajstić information content (AvgIpc) is 2.77. The summed E-state index contributed by atoms with van der Waals surface area (Å²) in [5, 5.41) is 2.97. The maximum Gasteiger partial charge on any atom is 0.243 e. The second kappa shape index (κ2) is 11.4. The highest BCUT2D eigenvalue weighted by Gasteiger charge is 2.30. The topological polar surface area (TPSA) is 49.4 Å². The molecule has 172 valence electrons. The van der Waals surface area contributed by atoms with Crippen molar-refractivity contribution in [1.29, 1.82) is 0 Å². The fourth-order valence-corrected chi connectivity index (χ4v) is 3.82. The van der Waals surface area contributed by atoms with Gasteiger partial charge in [-0.2, -0.15) is 0 Å². The molecule has 0 spiro atoms. The molecule has 33 heavy (non-hydrogen) atoms. The second-order valence-electron chi connectivity index (χ2n) is 8.68. The first-order chi connectivity index (χ1) is 15.8. The number of nitrogens with one attached hydrogen (secondary N) is 1. The third-order valence-corrected chi connectivity index (χ3v) is 5.41. The summed E-state index contributed by atoms with van der Waals surface area (Å²) in [6, 6.07) is 22.8. The zero-order valence-corrected chi connectivity index (χ0v) is 19.4. The molecule has 3 aromatic rings. The highest BCUT2D eigenvalue weighted by atomic mass is 19.1. The number of hydrogen-bond donors (Lipinski definition) is 1. The molecule has 0 heterocycles. The van der Waals surface area contributed by atoms with Crippen molar-refractivity contribution in [1.82, 2.24) is 10.2 Å². The molecule has 1 atom stereocenters. The number of aryl methyl sites for hydroxylation is 1. The van der Waals surface area contributed by atoms with Crippen LogP contribution in [-0.2, 0) is 29.0 Å². The maximum absolute atomic E-state index is 13.6. The van der Waals surface area contributed by atoms with Gasteiger partial charge in [-0.25, -0.2) is 4.39 Å². The zero-order chi connectivity index (χ0) is 23.8. The number of nitrogens with zero attached hydrogens (tertiary/aromatic N) is 1. The van der Waals surface area contributed by atoms with Crippen molar-refractivity contribution < 1.29 is 14.0 Å². The molecule has 1 unspecified atom stereocenters. The Balaban J connectivity index is 1.96. The monoisotopic (exact) mass is 446 g/mol. The van der Waals surface area contributed by atoms with Crippen LogP contribution in [0.25, 0.3) is 0 Å². The smallest absolute Gasteiger partial charge is 0.243 e. The Morgan fingerprint density at radius 1 is 0.879 bits per heavy atom. The van der Waals surface area contributed by atoms with Crippen LogP contribution >= 0.6 is 0 Å². The van der Waals surface area contributed by atoms with Gasteiger partial charge >= 0.3 is 0 Å². The summed E-state index contributed by atoms with van der Waals surface area (Å²) in [4.78, 5) is 28.5. The first-order valence-electron chi connectivity index (χ1n) is 11.3. The van der Waals surface area contributed by atoms with Crippen molar-refractivity contribution in [3.63, 3.8) is 0 Å². The van der Waals surface area contributed by atoms with Crippen LogP contribution in [0.1, 0.15) is 36.1 Å². The van der Waals surface area contributed by atoms with E-state index in [1.807, 2.05) is 75.4 Å². The molecule has 5 heteroatoms. The van der Waals surface area contributed by atoms with Gasteiger partial charge in [0, 0.05) is 19.0 Å². The van der Waals surface area contributed by atoms with Crippen LogP contribution in [0.4, 0.5) is 4.39 Å². The van der Waals surface area contributed by atoms with Gasteiger partial charge in [0.25, 0.3) is 0 Å². The van der Waals surface area contributed by atoms with E-state index in [0.717, 1.165) is 22.3 Å². The highest BCUT2D eigenvalue weighted by molar-refractivity contribution is 5.89. The number of amides is 2. The Morgan fingerprint density at radius 3 is 2.18 bits per heavy atom. The normalized spacial score (nSPS) is 11.8. The van der Waals surface area contributed by atoms with Crippen molar-refractivity contribution in [2.24, 2.45) is 0 Å². The van der Waals surface area contributed by atoms with Crippen molar-refractivity contribution in [2.75, 3.05) is 0 Å². The predicted octanol–water partition coefficient (Wildman–Crippen LogP) is 4.84. The van der Waals surface area contributed by atoms with Gasteiger partial charge in [-0.05, 0) is 49.6 Å². The van der Waals surface area contributed by atoms with Crippen LogP contribution in [0.5, 0.6) is 0 Å². The van der Waals surface area contributed by atoms with Crippen LogP contribution in [0.3, 0.4) is 0 Å². The summed E-state index contributed by atoms with van der Waals surface area (Å²) in [5.74, 6) is -0.687. The van der Waals surface area contributed by atoms with Gasteiger partial charge in [0.05, 0.1) is 6.42 Å².